The van der Waals surface area contributed by atoms with E-state index in [9.17, 15) is 0 Å². The average molecular weight is 789 g/mol. The molecule has 0 aliphatic heterocycles. The van der Waals surface area contributed by atoms with E-state index in [1.165, 1.54) is 159 Å². The molecule has 0 spiro atoms. The van der Waals surface area contributed by atoms with Crippen LogP contribution in [-0.4, -0.2) is 0 Å². The molecule has 0 aromatic heterocycles. The molecule has 0 aromatic carbocycles. The summed E-state index contributed by atoms with van der Waals surface area (Å²) in [4.78, 5) is 0. The first-order valence-electron chi connectivity index (χ1n) is 28.3. The molecule has 13 aliphatic carbocycles. The van der Waals surface area contributed by atoms with Crippen LogP contribution in [0.3, 0.4) is 0 Å². The molecule has 0 heterocycles. The van der Waals surface area contributed by atoms with Crippen LogP contribution in [0.1, 0.15) is 302 Å². The second-order valence-corrected chi connectivity index (χ2v) is 23.3. The van der Waals surface area contributed by atoms with E-state index in [0.29, 0.717) is 0 Å². The van der Waals surface area contributed by atoms with Crippen molar-refractivity contribution >= 4 is 0 Å². The third kappa shape index (κ3) is 18.9. The zero-order chi connectivity index (χ0) is 39.0. The third-order valence-corrected chi connectivity index (χ3v) is 18.8. The number of hydrogen-bond donors (Lipinski definition) is 0. The second kappa shape index (κ2) is 28.6. The van der Waals surface area contributed by atoms with Crippen molar-refractivity contribution in [1.82, 2.24) is 0 Å². The molecule has 13 saturated carbocycles. The van der Waals surface area contributed by atoms with Gasteiger partial charge in [-0.2, -0.15) is 0 Å². The molecule has 0 radical (unpaired) electrons. The summed E-state index contributed by atoms with van der Waals surface area (Å²) in [5.41, 5.74) is 0. The molecule has 0 amide bonds. The average Bonchev–Trinajstić information content (AvgIpc) is 3.97. The highest BCUT2D eigenvalue weighted by Gasteiger charge is 2.32. The third-order valence-electron chi connectivity index (χ3n) is 18.8. The molecule has 0 unspecified atom stereocenters. The lowest BCUT2D eigenvalue weighted by molar-refractivity contribution is 0.176. The van der Waals surface area contributed by atoms with Crippen LogP contribution in [-0.2, 0) is 0 Å². The van der Waals surface area contributed by atoms with Crippen molar-refractivity contribution in [3.8, 4) is 0 Å². The molecule has 8 bridgehead atoms. The molecule has 332 valence electrons. The number of hydrogen-bond acceptors (Lipinski definition) is 0. The van der Waals surface area contributed by atoms with E-state index < -0.39 is 0 Å². The highest BCUT2D eigenvalue weighted by molar-refractivity contribution is 4.84. The fraction of sp³-hybridized carbons (Fsp3) is 1.00. The van der Waals surface area contributed by atoms with Gasteiger partial charge in [-0.3, -0.25) is 0 Å². The molecule has 0 aromatic rings. The van der Waals surface area contributed by atoms with Crippen molar-refractivity contribution < 1.29 is 0 Å². The molecule has 0 N–H and O–H groups in total. The maximum Gasteiger partial charge on any atom is -0.0386 e. The van der Waals surface area contributed by atoms with Crippen molar-refractivity contribution in [1.29, 1.82) is 0 Å². The van der Waals surface area contributed by atoms with Gasteiger partial charge >= 0.3 is 0 Å². The van der Waals surface area contributed by atoms with E-state index in [2.05, 4.69) is 0 Å². The van der Waals surface area contributed by atoms with Crippen LogP contribution < -0.4 is 0 Å². The molecular weight excluding hydrogens is 685 g/mol. The van der Waals surface area contributed by atoms with Crippen LogP contribution >= 0.6 is 0 Å². The van der Waals surface area contributed by atoms with Crippen LogP contribution in [0.15, 0.2) is 0 Å². The zero-order valence-electron chi connectivity index (χ0n) is 39.0. The van der Waals surface area contributed by atoms with Crippen molar-refractivity contribution in [2.45, 2.75) is 302 Å². The maximum absolute atomic E-state index is 1.58. The minimum absolute atomic E-state index is 1.13. The Morgan fingerprint density at radius 2 is 0.281 bits per heavy atom. The lowest BCUT2D eigenvalue weighted by atomic mass is 9.71. The molecule has 0 heteroatoms. The SMILES string of the molecule is C1CC2CCC1C2.C1CC2CCC1CC2.C1CC2CCCC(C1)C2.C1CC2CCCC(C1)CC2.C1CC2CCCC2C1.C1CCCCCC1.C1CCCCCCC1. The van der Waals surface area contributed by atoms with E-state index in [1.807, 2.05) is 0 Å². The Morgan fingerprint density at radius 3 is 0.491 bits per heavy atom. The van der Waals surface area contributed by atoms with Crippen LogP contribution in [0.25, 0.3) is 0 Å². The summed E-state index contributed by atoms with van der Waals surface area (Å²) in [6.45, 7) is 0. The van der Waals surface area contributed by atoms with E-state index in [4.69, 9.17) is 0 Å². The molecule has 13 rings (SSSR count). The van der Waals surface area contributed by atoms with Gasteiger partial charge in [-0.15, -0.1) is 0 Å². The monoisotopic (exact) mass is 789 g/mol. The molecule has 13 fully saturated rings. The van der Waals surface area contributed by atoms with Gasteiger partial charge in [0.05, 0.1) is 0 Å². The van der Waals surface area contributed by atoms with Gasteiger partial charge in [-0.25, -0.2) is 0 Å². The van der Waals surface area contributed by atoms with E-state index in [1.54, 1.807) is 167 Å². The zero-order valence-corrected chi connectivity index (χ0v) is 39.0. The summed E-state index contributed by atoms with van der Waals surface area (Å²) in [6, 6.07) is 0. The van der Waals surface area contributed by atoms with Gasteiger partial charge in [-0.1, -0.05) is 289 Å². The van der Waals surface area contributed by atoms with Gasteiger partial charge < -0.3 is 0 Å². The van der Waals surface area contributed by atoms with E-state index in [-0.39, 0.29) is 0 Å². The first-order valence-corrected chi connectivity index (χ1v) is 28.3. The summed E-state index contributed by atoms with van der Waals surface area (Å²) in [5.74, 6) is 11.6. The Balaban J connectivity index is 0.000000113. The molecule has 0 saturated heterocycles. The topological polar surface area (TPSA) is 0 Å². The lowest BCUT2D eigenvalue weighted by Crippen LogP contribution is -2.21. The molecule has 0 atom stereocenters. The predicted molar refractivity (Wildman–Crippen MR) is 252 cm³/mol. The Morgan fingerprint density at radius 1 is 0.123 bits per heavy atom. The number of fused-ring (bicyclic) bond motifs is 11. The van der Waals surface area contributed by atoms with Crippen LogP contribution in [0.2, 0.25) is 0 Å². The Kier molecular flexibility index (Phi) is 23.3. The predicted octanol–water partition coefficient (Wildman–Crippen LogP) is 19.6. The molecular formula is C57H104. The van der Waals surface area contributed by atoms with E-state index >= 15 is 0 Å². The van der Waals surface area contributed by atoms with Crippen LogP contribution in [0, 0.1) is 59.2 Å². The van der Waals surface area contributed by atoms with E-state index in [0.717, 1.165) is 35.5 Å². The summed E-state index contributed by atoms with van der Waals surface area (Å²) >= 11 is 0. The van der Waals surface area contributed by atoms with Crippen molar-refractivity contribution in [2.75, 3.05) is 0 Å². The van der Waals surface area contributed by atoms with Gasteiger partial charge in [0.1, 0.15) is 0 Å². The highest BCUT2D eigenvalue weighted by atomic mass is 14.4. The minimum Gasteiger partial charge on any atom is -0.0533 e. The molecule has 13 aliphatic rings. The van der Waals surface area contributed by atoms with Gasteiger partial charge in [-0.05, 0) is 72.0 Å². The second-order valence-electron chi connectivity index (χ2n) is 23.3. The summed E-state index contributed by atoms with van der Waals surface area (Å²) in [7, 11) is 0. The Labute approximate surface area is 359 Å². The normalized spacial score (nSPS) is 38.7. The fourth-order valence-electron chi connectivity index (χ4n) is 15.0. The Bertz CT molecular complexity index is 810. The van der Waals surface area contributed by atoms with Crippen molar-refractivity contribution in [2.24, 2.45) is 59.2 Å². The van der Waals surface area contributed by atoms with Crippen molar-refractivity contribution in [3.05, 3.63) is 0 Å². The minimum atomic E-state index is 1.13. The first-order chi connectivity index (χ1) is 28.3. The van der Waals surface area contributed by atoms with Gasteiger partial charge in [0.2, 0.25) is 0 Å². The largest absolute Gasteiger partial charge is 0.0533 e. The van der Waals surface area contributed by atoms with Gasteiger partial charge in [0, 0.05) is 0 Å². The molecule has 0 nitrogen and oxygen atoms in total. The summed E-state index contributed by atoms with van der Waals surface area (Å²) < 4.78 is 0. The molecule has 57 heavy (non-hydrogen) atoms. The fourth-order valence-corrected chi connectivity index (χ4v) is 15.0. The van der Waals surface area contributed by atoms with Crippen LogP contribution in [0.5, 0.6) is 0 Å². The first kappa shape index (κ1) is 46.5. The maximum atomic E-state index is 1.58. The van der Waals surface area contributed by atoms with Gasteiger partial charge in [0.15, 0.2) is 0 Å². The highest BCUT2D eigenvalue weighted by Crippen LogP contribution is 2.45. The number of rotatable bonds is 0. The summed E-state index contributed by atoms with van der Waals surface area (Å²) in [5, 5.41) is 0. The summed E-state index contributed by atoms with van der Waals surface area (Å²) in [6.07, 6.45) is 72.3. The van der Waals surface area contributed by atoms with Crippen molar-refractivity contribution in [3.63, 3.8) is 0 Å². The quantitative estimate of drug-likeness (QED) is 0.215. The van der Waals surface area contributed by atoms with Gasteiger partial charge in [0.25, 0.3) is 0 Å². The van der Waals surface area contributed by atoms with Crippen LogP contribution in [0.4, 0.5) is 0 Å². The lowest BCUT2D eigenvalue weighted by Gasteiger charge is -2.35. The standard InChI is InChI=1S/C10H18.C9H16.2C8H14.C8H16.C7H12.C7H14/c1-3-9-5-2-6-10(4-1)8-7-9;1-3-8-5-2-6-9(4-1)7-8;1-3-7-5-2-6-8(7)4-1;1-2-8-5-3-7(1)4-6-8;1-2-4-6-8-7-5-3-1;1-2-7-4-3-6(1)5-7;1-2-4-6-7-5-3-1/h9-10H,1-8H2;8-9H,1-7H2;2*7-8H,1-6H2;1-8H2;6-7H,1-5H2;1-7H2. The Hall–Kier alpha value is 0. The smallest absolute Gasteiger partial charge is 0.0386 e.